The minimum absolute atomic E-state index is 0.631. The molecule has 0 radical (unpaired) electrons. The molecule has 122 valence electrons. The van der Waals surface area contributed by atoms with Crippen LogP contribution in [0, 0.1) is 0 Å². The predicted octanol–water partition coefficient (Wildman–Crippen LogP) is 2.78. The highest BCUT2D eigenvalue weighted by atomic mass is 16.5. The van der Waals surface area contributed by atoms with E-state index in [9.17, 15) is 0 Å². The number of rotatable bonds is 8. The molecule has 5 heteroatoms. The maximum atomic E-state index is 5.92. The van der Waals surface area contributed by atoms with E-state index < -0.39 is 0 Å². The van der Waals surface area contributed by atoms with E-state index in [1.165, 1.54) is 0 Å². The molecule has 0 amide bonds. The highest BCUT2D eigenvalue weighted by Gasteiger charge is 2.09. The van der Waals surface area contributed by atoms with Crippen molar-refractivity contribution in [2.24, 2.45) is 0 Å². The van der Waals surface area contributed by atoms with Crippen LogP contribution in [-0.4, -0.2) is 40.4 Å². The fourth-order valence-electron chi connectivity index (χ4n) is 2.46. The number of nitrogens with one attached hydrogen (secondary N) is 2. The first kappa shape index (κ1) is 15.6. The fraction of sp³-hybridized carbons (Fsp3) is 0.333. The Morgan fingerprint density at radius 2 is 1.43 bits per heavy atom. The molecule has 0 bridgehead atoms. The highest BCUT2D eigenvalue weighted by molar-refractivity contribution is 6.05. The van der Waals surface area contributed by atoms with Gasteiger partial charge >= 0.3 is 0 Å². The second-order valence-electron chi connectivity index (χ2n) is 5.32. The monoisotopic (exact) mass is 314 g/mol. The summed E-state index contributed by atoms with van der Waals surface area (Å²) < 4.78 is 17.3. The fourth-order valence-corrected chi connectivity index (χ4v) is 2.46. The van der Waals surface area contributed by atoms with Crippen LogP contribution in [-0.2, 0) is 0 Å². The molecule has 5 nitrogen and oxygen atoms in total. The van der Waals surface area contributed by atoms with Gasteiger partial charge in [0.05, 0.1) is 0 Å². The SMILES string of the molecule is CNCCOc1ccc2c(c1)oc1ccc(OCCNC)cc12. The van der Waals surface area contributed by atoms with Gasteiger partial charge in [-0.2, -0.15) is 0 Å². The molecule has 0 aliphatic rings. The average Bonchev–Trinajstić information content (AvgIpc) is 2.92. The first-order valence-electron chi connectivity index (χ1n) is 7.83. The number of furan rings is 1. The Kier molecular flexibility index (Phi) is 5.00. The summed E-state index contributed by atoms with van der Waals surface area (Å²) in [7, 11) is 3.81. The van der Waals surface area contributed by atoms with E-state index in [0.717, 1.165) is 46.5 Å². The molecule has 0 spiro atoms. The van der Waals surface area contributed by atoms with Gasteiger partial charge in [-0.3, -0.25) is 0 Å². The van der Waals surface area contributed by atoms with Crippen molar-refractivity contribution in [3.05, 3.63) is 36.4 Å². The van der Waals surface area contributed by atoms with Crippen molar-refractivity contribution in [1.82, 2.24) is 10.6 Å². The van der Waals surface area contributed by atoms with Gasteiger partial charge in [0, 0.05) is 29.9 Å². The molecular formula is C18H22N2O3. The van der Waals surface area contributed by atoms with Gasteiger partial charge in [-0.25, -0.2) is 0 Å². The Morgan fingerprint density at radius 3 is 2.13 bits per heavy atom. The van der Waals surface area contributed by atoms with Crippen LogP contribution >= 0.6 is 0 Å². The van der Waals surface area contributed by atoms with Crippen molar-refractivity contribution in [3.63, 3.8) is 0 Å². The van der Waals surface area contributed by atoms with Crippen LogP contribution in [0.5, 0.6) is 11.5 Å². The van der Waals surface area contributed by atoms with Gasteiger partial charge in [0.2, 0.25) is 0 Å². The van der Waals surface area contributed by atoms with Gasteiger partial charge in [0.1, 0.15) is 35.9 Å². The zero-order valence-corrected chi connectivity index (χ0v) is 13.5. The first-order chi connectivity index (χ1) is 11.3. The third kappa shape index (κ3) is 3.57. The molecule has 0 saturated heterocycles. The molecule has 0 unspecified atom stereocenters. The van der Waals surface area contributed by atoms with E-state index in [-0.39, 0.29) is 0 Å². The van der Waals surface area contributed by atoms with Crippen LogP contribution < -0.4 is 20.1 Å². The summed E-state index contributed by atoms with van der Waals surface area (Å²) in [4.78, 5) is 0. The third-order valence-electron chi connectivity index (χ3n) is 3.66. The maximum absolute atomic E-state index is 5.92. The van der Waals surface area contributed by atoms with Crippen LogP contribution in [0.2, 0.25) is 0 Å². The van der Waals surface area contributed by atoms with E-state index in [2.05, 4.69) is 10.6 Å². The summed E-state index contributed by atoms with van der Waals surface area (Å²) in [6.07, 6.45) is 0. The molecule has 3 aromatic rings. The smallest absolute Gasteiger partial charge is 0.139 e. The van der Waals surface area contributed by atoms with E-state index in [1.54, 1.807) is 0 Å². The highest BCUT2D eigenvalue weighted by Crippen LogP contribution is 2.33. The van der Waals surface area contributed by atoms with Gasteiger partial charge < -0.3 is 24.5 Å². The third-order valence-corrected chi connectivity index (χ3v) is 3.66. The Labute approximate surface area is 135 Å². The number of benzene rings is 2. The van der Waals surface area contributed by atoms with E-state index in [4.69, 9.17) is 13.9 Å². The topological polar surface area (TPSA) is 55.7 Å². The lowest BCUT2D eigenvalue weighted by Crippen LogP contribution is -2.15. The quantitative estimate of drug-likeness (QED) is 0.626. The number of likely N-dealkylation sites (N-methyl/N-ethyl adjacent to an activating group) is 2. The lowest BCUT2D eigenvalue weighted by molar-refractivity contribution is 0.318. The number of hydrogen-bond acceptors (Lipinski definition) is 5. The lowest BCUT2D eigenvalue weighted by atomic mass is 10.1. The molecule has 0 aliphatic heterocycles. The summed E-state index contributed by atoms with van der Waals surface area (Å²) in [5.74, 6) is 1.67. The van der Waals surface area contributed by atoms with Gasteiger partial charge in [0.15, 0.2) is 0 Å². The molecule has 2 N–H and O–H groups in total. The molecule has 3 rings (SSSR count). The number of fused-ring (bicyclic) bond motifs is 3. The van der Waals surface area contributed by atoms with Crippen molar-refractivity contribution < 1.29 is 13.9 Å². The Balaban J connectivity index is 1.86. The van der Waals surface area contributed by atoms with Crippen molar-refractivity contribution in [3.8, 4) is 11.5 Å². The maximum Gasteiger partial charge on any atom is 0.139 e. The zero-order chi connectivity index (χ0) is 16.1. The van der Waals surface area contributed by atoms with Crippen molar-refractivity contribution in [1.29, 1.82) is 0 Å². The Bertz CT molecular complexity index is 782. The predicted molar refractivity (Wildman–Crippen MR) is 92.6 cm³/mol. The van der Waals surface area contributed by atoms with Gasteiger partial charge in [-0.1, -0.05) is 0 Å². The molecule has 0 aliphatic carbocycles. The summed E-state index contributed by atoms with van der Waals surface area (Å²) >= 11 is 0. The van der Waals surface area contributed by atoms with Crippen LogP contribution in [0.3, 0.4) is 0 Å². The van der Waals surface area contributed by atoms with Crippen molar-refractivity contribution >= 4 is 21.9 Å². The molecule has 0 fully saturated rings. The average molecular weight is 314 g/mol. The van der Waals surface area contributed by atoms with Gasteiger partial charge in [-0.05, 0) is 44.4 Å². The summed E-state index contributed by atoms with van der Waals surface area (Å²) in [5.41, 5.74) is 1.68. The minimum Gasteiger partial charge on any atom is -0.492 e. The standard InChI is InChI=1S/C18H22N2O3/c1-19-7-9-21-13-4-6-17-16(11-13)15-5-3-14(12-18(15)23-17)22-10-8-20-2/h3-6,11-12,19-20H,7-10H2,1-2H3. The minimum atomic E-state index is 0.631. The first-order valence-corrected chi connectivity index (χ1v) is 7.83. The van der Waals surface area contributed by atoms with Crippen molar-refractivity contribution in [2.75, 3.05) is 40.4 Å². The van der Waals surface area contributed by atoms with Crippen LogP contribution in [0.25, 0.3) is 21.9 Å². The van der Waals surface area contributed by atoms with Gasteiger partial charge in [0.25, 0.3) is 0 Å². The molecule has 23 heavy (non-hydrogen) atoms. The van der Waals surface area contributed by atoms with E-state index in [1.807, 2.05) is 50.5 Å². The summed E-state index contributed by atoms with van der Waals surface area (Å²) in [6.45, 7) is 2.90. The van der Waals surface area contributed by atoms with Crippen molar-refractivity contribution in [2.45, 2.75) is 0 Å². The molecule has 1 aromatic heterocycles. The van der Waals surface area contributed by atoms with Gasteiger partial charge in [-0.15, -0.1) is 0 Å². The lowest BCUT2D eigenvalue weighted by Gasteiger charge is -2.05. The molecule has 1 heterocycles. The summed E-state index contributed by atoms with van der Waals surface area (Å²) in [5, 5.41) is 8.25. The molecular weight excluding hydrogens is 292 g/mol. The summed E-state index contributed by atoms with van der Waals surface area (Å²) in [6, 6.07) is 11.9. The Morgan fingerprint density at radius 1 is 0.783 bits per heavy atom. The Hall–Kier alpha value is -2.24. The van der Waals surface area contributed by atoms with Crippen LogP contribution in [0.15, 0.2) is 40.8 Å². The van der Waals surface area contributed by atoms with Crippen LogP contribution in [0.4, 0.5) is 0 Å². The van der Waals surface area contributed by atoms with Crippen LogP contribution in [0.1, 0.15) is 0 Å². The van der Waals surface area contributed by atoms with E-state index in [0.29, 0.717) is 13.2 Å². The second kappa shape index (κ2) is 7.35. The normalized spacial score (nSPS) is 11.2. The number of ether oxygens (including phenoxy) is 2. The molecule has 0 atom stereocenters. The number of hydrogen-bond donors (Lipinski definition) is 2. The molecule has 2 aromatic carbocycles. The van der Waals surface area contributed by atoms with E-state index >= 15 is 0 Å². The largest absolute Gasteiger partial charge is 0.492 e. The molecule has 0 saturated carbocycles. The zero-order valence-electron chi connectivity index (χ0n) is 13.5. The second-order valence-corrected chi connectivity index (χ2v) is 5.32.